The number of nitrogens with zero attached hydrogens (tertiary/aromatic N) is 3. The SMILES string of the molecule is c1ccc(-c2ccc(N(c3ccccc3)c3cc(N(c4ccc5ccccc5c4)c4ccc5sc6ccccc6c5c4)c4sc5ccc(N(c6ccccc6)c6cccc7ccccc67)cc5c4c3)cc2)cc1. The normalized spacial score (nSPS) is 11.6. The van der Waals surface area contributed by atoms with E-state index in [1.165, 1.54) is 73.0 Å². The summed E-state index contributed by atoms with van der Waals surface area (Å²) in [5, 5.41) is 9.74. The first-order valence-corrected chi connectivity index (χ1v) is 26.4. The molecule has 0 amide bonds. The standard InChI is InChI=1S/C68H45N3S2/c1-4-17-46(18-5-1)48-31-34-53(35-32-48)69(51-23-6-2-7-24-51)57-44-62-61-43-55(70(52-25-8-3-9-26-52)63-29-16-22-49-20-12-13-27-58(49)63)38-40-67(61)73-68(62)64(45-57)71(54-36-33-47-19-10-11-21-50(47)41-54)56-37-39-66-60(42-56)59-28-14-15-30-65(59)72-66/h1-45H. The molecule has 2 aromatic heterocycles. The minimum atomic E-state index is 1.06. The molecule has 0 aliphatic rings. The smallest absolute Gasteiger partial charge is 0.0661 e. The van der Waals surface area contributed by atoms with Crippen LogP contribution in [0.15, 0.2) is 273 Å². The molecule has 0 saturated heterocycles. The molecule has 5 heteroatoms. The third kappa shape index (κ3) is 7.65. The van der Waals surface area contributed by atoms with Gasteiger partial charge in [-0.3, -0.25) is 0 Å². The average molecular weight is 968 g/mol. The monoisotopic (exact) mass is 967 g/mol. The van der Waals surface area contributed by atoms with Crippen LogP contribution in [0.3, 0.4) is 0 Å². The zero-order chi connectivity index (χ0) is 48.2. The van der Waals surface area contributed by atoms with Crippen LogP contribution >= 0.6 is 22.7 Å². The van der Waals surface area contributed by atoms with Crippen molar-refractivity contribution in [3.8, 4) is 11.1 Å². The first kappa shape index (κ1) is 42.8. The maximum absolute atomic E-state index is 2.51. The minimum absolute atomic E-state index is 1.06. The Morgan fingerprint density at radius 2 is 0.699 bits per heavy atom. The Morgan fingerprint density at radius 3 is 1.44 bits per heavy atom. The number of para-hydroxylation sites is 2. The molecule has 0 spiro atoms. The Hall–Kier alpha value is -9.00. The third-order valence-electron chi connectivity index (χ3n) is 14.2. The molecule has 0 N–H and O–H groups in total. The molecular weight excluding hydrogens is 923 g/mol. The summed E-state index contributed by atoms with van der Waals surface area (Å²) < 4.78 is 5.00. The second kappa shape index (κ2) is 18.0. The second-order valence-corrected chi connectivity index (χ2v) is 20.7. The van der Waals surface area contributed by atoms with Crippen LogP contribution in [0.2, 0.25) is 0 Å². The molecule has 0 radical (unpaired) electrons. The number of benzene rings is 12. The van der Waals surface area contributed by atoms with Crippen molar-refractivity contribution in [1.82, 2.24) is 0 Å². The van der Waals surface area contributed by atoms with Gasteiger partial charge in [0, 0.05) is 80.8 Å². The van der Waals surface area contributed by atoms with Crippen molar-refractivity contribution in [2.75, 3.05) is 14.7 Å². The van der Waals surface area contributed by atoms with Crippen LogP contribution in [0.1, 0.15) is 0 Å². The molecule has 12 aromatic carbocycles. The highest BCUT2D eigenvalue weighted by molar-refractivity contribution is 7.26. The molecule has 0 bridgehead atoms. The summed E-state index contributed by atoms with van der Waals surface area (Å²) in [4.78, 5) is 7.35. The molecular formula is C68H45N3S2. The highest BCUT2D eigenvalue weighted by Crippen LogP contribution is 2.51. The van der Waals surface area contributed by atoms with Gasteiger partial charge in [0.25, 0.3) is 0 Å². The van der Waals surface area contributed by atoms with E-state index >= 15 is 0 Å². The molecule has 14 rings (SSSR count). The molecule has 3 nitrogen and oxygen atoms in total. The van der Waals surface area contributed by atoms with Gasteiger partial charge < -0.3 is 14.7 Å². The Kier molecular flexibility index (Phi) is 10.6. The van der Waals surface area contributed by atoms with Crippen molar-refractivity contribution in [3.63, 3.8) is 0 Å². The van der Waals surface area contributed by atoms with Crippen LogP contribution in [-0.2, 0) is 0 Å². The number of hydrogen-bond acceptors (Lipinski definition) is 5. The van der Waals surface area contributed by atoms with Gasteiger partial charge in [0.1, 0.15) is 0 Å². The van der Waals surface area contributed by atoms with E-state index < -0.39 is 0 Å². The number of fused-ring (bicyclic) bond motifs is 8. The number of rotatable bonds is 10. The predicted molar refractivity (Wildman–Crippen MR) is 317 cm³/mol. The molecule has 0 fully saturated rings. The number of hydrogen-bond donors (Lipinski definition) is 0. The third-order valence-corrected chi connectivity index (χ3v) is 16.5. The van der Waals surface area contributed by atoms with E-state index in [-0.39, 0.29) is 0 Å². The summed E-state index contributed by atoms with van der Waals surface area (Å²) in [6, 6.07) is 99.9. The maximum atomic E-state index is 2.51. The fourth-order valence-electron chi connectivity index (χ4n) is 10.7. The van der Waals surface area contributed by atoms with Crippen molar-refractivity contribution in [2.24, 2.45) is 0 Å². The van der Waals surface area contributed by atoms with Crippen LogP contribution in [0.4, 0.5) is 51.2 Å². The van der Waals surface area contributed by atoms with Crippen molar-refractivity contribution >= 4 is 136 Å². The van der Waals surface area contributed by atoms with E-state index in [1.807, 2.05) is 22.7 Å². The van der Waals surface area contributed by atoms with E-state index in [1.54, 1.807) is 0 Å². The quantitative estimate of drug-likeness (QED) is 0.135. The van der Waals surface area contributed by atoms with E-state index in [9.17, 15) is 0 Å². The fourth-order valence-corrected chi connectivity index (χ4v) is 13.0. The molecule has 0 unspecified atom stereocenters. The zero-order valence-electron chi connectivity index (χ0n) is 39.6. The van der Waals surface area contributed by atoms with Gasteiger partial charge in [0.05, 0.1) is 16.1 Å². The van der Waals surface area contributed by atoms with E-state index in [2.05, 4.69) is 288 Å². The van der Waals surface area contributed by atoms with E-state index in [0.717, 1.165) is 51.2 Å². The lowest BCUT2D eigenvalue weighted by Crippen LogP contribution is -2.13. The molecule has 73 heavy (non-hydrogen) atoms. The molecule has 0 aliphatic carbocycles. The van der Waals surface area contributed by atoms with Gasteiger partial charge in [-0.1, -0.05) is 164 Å². The van der Waals surface area contributed by atoms with E-state index in [4.69, 9.17) is 0 Å². The summed E-state index contributed by atoms with van der Waals surface area (Å²) in [5.74, 6) is 0. The predicted octanol–water partition coefficient (Wildman–Crippen LogP) is 20.8. The lowest BCUT2D eigenvalue weighted by Gasteiger charge is -2.30. The van der Waals surface area contributed by atoms with Gasteiger partial charge in [-0.05, 0) is 136 Å². The Labute approximate surface area is 431 Å². The van der Waals surface area contributed by atoms with Gasteiger partial charge in [-0.2, -0.15) is 0 Å². The fraction of sp³-hybridized carbons (Fsp3) is 0. The molecule has 344 valence electrons. The first-order chi connectivity index (χ1) is 36.2. The molecule has 0 aliphatic heterocycles. The van der Waals surface area contributed by atoms with Crippen molar-refractivity contribution in [2.45, 2.75) is 0 Å². The first-order valence-electron chi connectivity index (χ1n) is 24.7. The molecule has 14 aromatic rings. The van der Waals surface area contributed by atoms with Gasteiger partial charge in [-0.25, -0.2) is 0 Å². The number of anilines is 9. The highest BCUT2D eigenvalue weighted by Gasteiger charge is 2.25. The Bertz CT molecular complexity index is 4330. The van der Waals surface area contributed by atoms with Gasteiger partial charge in [0.2, 0.25) is 0 Å². The van der Waals surface area contributed by atoms with Gasteiger partial charge in [-0.15, -0.1) is 22.7 Å². The highest BCUT2D eigenvalue weighted by atomic mass is 32.1. The molecule has 0 atom stereocenters. The Morgan fingerprint density at radius 1 is 0.219 bits per heavy atom. The van der Waals surface area contributed by atoms with Crippen LogP contribution in [0, 0.1) is 0 Å². The summed E-state index contributed by atoms with van der Waals surface area (Å²) in [7, 11) is 0. The topological polar surface area (TPSA) is 9.72 Å². The zero-order valence-corrected chi connectivity index (χ0v) is 41.3. The lowest BCUT2D eigenvalue weighted by molar-refractivity contribution is 1.27. The van der Waals surface area contributed by atoms with Crippen LogP contribution in [-0.4, -0.2) is 0 Å². The van der Waals surface area contributed by atoms with Crippen LogP contribution in [0.5, 0.6) is 0 Å². The van der Waals surface area contributed by atoms with Gasteiger partial charge in [0.15, 0.2) is 0 Å². The average Bonchev–Trinajstić information content (AvgIpc) is 4.02. The van der Waals surface area contributed by atoms with E-state index in [0.29, 0.717) is 0 Å². The van der Waals surface area contributed by atoms with Crippen molar-refractivity contribution in [3.05, 3.63) is 273 Å². The largest absolute Gasteiger partial charge is 0.310 e. The van der Waals surface area contributed by atoms with Crippen LogP contribution in [0.25, 0.3) is 73.0 Å². The Balaban J connectivity index is 1.06. The summed E-state index contributed by atoms with van der Waals surface area (Å²) in [6.07, 6.45) is 0. The summed E-state index contributed by atoms with van der Waals surface area (Å²) in [5.41, 5.74) is 12.2. The molecule has 2 heterocycles. The molecule has 0 saturated carbocycles. The van der Waals surface area contributed by atoms with Crippen molar-refractivity contribution in [1.29, 1.82) is 0 Å². The van der Waals surface area contributed by atoms with Crippen molar-refractivity contribution < 1.29 is 0 Å². The second-order valence-electron chi connectivity index (χ2n) is 18.5. The number of thiophene rings is 2. The van der Waals surface area contributed by atoms with Crippen LogP contribution < -0.4 is 14.7 Å². The lowest BCUT2D eigenvalue weighted by atomic mass is 10.0. The maximum Gasteiger partial charge on any atom is 0.0661 e. The summed E-state index contributed by atoms with van der Waals surface area (Å²) in [6.45, 7) is 0. The summed E-state index contributed by atoms with van der Waals surface area (Å²) >= 11 is 3.72. The van der Waals surface area contributed by atoms with Gasteiger partial charge >= 0.3 is 0 Å². The minimum Gasteiger partial charge on any atom is -0.310 e.